The summed E-state index contributed by atoms with van der Waals surface area (Å²) in [6.07, 6.45) is 0.804. The lowest BCUT2D eigenvalue weighted by Crippen LogP contribution is -2.27. The van der Waals surface area contributed by atoms with E-state index in [4.69, 9.17) is 16.2 Å². The Labute approximate surface area is 78.7 Å². The maximum absolute atomic E-state index is 5.80. The number of hydrogen-bond donors (Lipinski definition) is 2. The van der Waals surface area contributed by atoms with Crippen LogP contribution in [0.3, 0.4) is 0 Å². The molecule has 1 atom stereocenters. The van der Waals surface area contributed by atoms with Crippen LogP contribution in [0.4, 0.5) is 5.69 Å². The molecule has 4 N–H and O–H groups in total. The fourth-order valence-corrected chi connectivity index (χ4v) is 1.30. The first-order valence-electron chi connectivity index (χ1n) is 4.31. The standard InChI is InChI=1S/C10H16N2O/c1-13-7-10(12)6-8-3-2-4-9(11)5-8/h2-5,10H,6-7,11-12H2,1H3/t10-/m0/s1. The highest BCUT2D eigenvalue weighted by atomic mass is 16.5. The van der Waals surface area contributed by atoms with E-state index < -0.39 is 0 Å². The number of nitrogen functional groups attached to an aromatic ring is 1. The molecule has 0 spiro atoms. The van der Waals surface area contributed by atoms with Gasteiger partial charge < -0.3 is 16.2 Å². The van der Waals surface area contributed by atoms with Gasteiger partial charge in [-0.25, -0.2) is 0 Å². The zero-order valence-corrected chi connectivity index (χ0v) is 7.86. The summed E-state index contributed by atoms with van der Waals surface area (Å²) < 4.78 is 4.95. The predicted octanol–water partition coefficient (Wildman–Crippen LogP) is 0.785. The predicted molar refractivity (Wildman–Crippen MR) is 54.4 cm³/mol. The van der Waals surface area contributed by atoms with E-state index in [1.807, 2.05) is 24.3 Å². The van der Waals surface area contributed by atoms with Gasteiger partial charge in [0.05, 0.1) is 6.61 Å². The quantitative estimate of drug-likeness (QED) is 0.673. The minimum absolute atomic E-state index is 0.0480. The Hall–Kier alpha value is -1.06. The maximum Gasteiger partial charge on any atom is 0.0616 e. The van der Waals surface area contributed by atoms with Crippen LogP contribution in [0.1, 0.15) is 5.56 Å². The molecule has 0 saturated heterocycles. The van der Waals surface area contributed by atoms with Gasteiger partial charge in [-0.05, 0) is 24.1 Å². The highest BCUT2D eigenvalue weighted by Gasteiger charge is 2.02. The molecule has 0 radical (unpaired) electrons. The Kier molecular flexibility index (Phi) is 3.73. The van der Waals surface area contributed by atoms with Crippen LogP contribution < -0.4 is 11.5 Å². The monoisotopic (exact) mass is 180 g/mol. The van der Waals surface area contributed by atoms with Crippen LogP contribution in [0, 0.1) is 0 Å². The SMILES string of the molecule is COC[C@@H](N)Cc1cccc(N)c1. The Morgan fingerprint density at radius 1 is 1.46 bits per heavy atom. The van der Waals surface area contributed by atoms with E-state index in [9.17, 15) is 0 Å². The van der Waals surface area contributed by atoms with Gasteiger partial charge in [0.1, 0.15) is 0 Å². The number of methoxy groups -OCH3 is 1. The minimum Gasteiger partial charge on any atom is -0.399 e. The molecule has 0 saturated carbocycles. The average Bonchev–Trinajstić information content (AvgIpc) is 2.04. The largest absolute Gasteiger partial charge is 0.399 e. The van der Waals surface area contributed by atoms with Gasteiger partial charge in [0.25, 0.3) is 0 Å². The number of anilines is 1. The molecule has 0 aliphatic carbocycles. The van der Waals surface area contributed by atoms with E-state index in [1.54, 1.807) is 7.11 Å². The molecule has 3 nitrogen and oxygen atoms in total. The van der Waals surface area contributed by atoms with Gasteiger partial charge >= 0.3 is 0 Å². The third-order valence-electron chi connectivity index (χ3n) is 1.83. The van der Waals surface area contributed by atoms with E-state index >= 15 is 0 Å². The highest BCUT2D eigenvalue weighted by molar-refractivity contribution is 5.40. The molecular weight excluding hydrogens is 164 g/mol. The molecule has 1 aromatic carbocycles. The average molecular weight is 180 g/mol. The Bertz CT molecular complexity index is 263. The summed E-state index contributed by atoms with van der Waals surface area (Å²) in [5, 5.41) is 0. The van der Waals surface area contributed by atoms with Crippen molar-refractivity contribution in [2.24, 2.45) is 5.73 Å². The third-order valence-corrected chi connectivity index (χ3v) is 1.83. The topological polar surface area (TPSA) is 61.3 Å². The smallest absolute Gasteiger partial charge is 0.0616 e. The first kappa shape index (κ1) is 10.0. The zero-order valence-electron chi connectivity index (χ0n) is 7.86. The summed E-state index contributed by atoms with van der Waals surface area (Å²) in [6, 6.07) is 7.81. The Balaban J connectivity index is 2.53. The number of ether oxygens (including phenoxy) is 1. The van der Waals surface area contributed by atoms with E-state index in [1.165, 1.54) is 0 Å². The second kappa shape index (κ2) is 4.84. The van der Waals surface area contributed by atoms with Crippen molar-refractivity contribution in [3.63, 3.8) is 0 Å². The van der Waals surface area contributed by atoms with Crippen molar-refractivity contribution >= 4 is 5.69 Å². The van der Waals surface area contributed by atoms with Gasteiger partial charge in [0.2, 0.25) is 0 Å². The van der Waals surface area contributed by atoms with Crippen molar-refractivity contribution in [1.82, 2.24) is 0 Å². The second-order valence-corrected chi connectivity index (χ2v) is 3.16. The molecule has 3 heteroatoms. The van der Waals surface area contributed by atoms with Crippen molar-refractivity contribution in [3.8, 4) is 0 Å². The van der Waals surface area contributed by atoms with Crippen LogP contribution in [0.5, 0.6) is 0 Å². The lowest BCUT2D eigenvalue weighted by atomic mass is 10.1. The highest BCUT2D eigenvalue weighted by Crippen LogP contribution is 2.08. The van der Waals surface area contributed by atoms with Gasteiger partial charge in [-0.2, -0.15) is 0 Å². The molecule has 0 aliphatic heterocycles. The number of hydrogen-bond acceptors (Lipinski definition) is 3. The van der Waals surface area contributed by atoms with Crippen LogP contribution in [-0.4, -0.2) is 19.8 Å². The van der Waals surface area contributed by atoms with Gasteiger partial charge in [-0.15, -0.1) is 0 Å². The Morgan fingerprint density at radius 3 is 2.85 bits per heavy atom. The summed E-state index contributed by atoms with van der Waals surface area (Å²) >= 11 is 0. The normalized spacial score (nSPS) is 12.8. The van der Waals surface area contributed by atoms with Crippen molar-refractivity contribution in [2.45, 2.75) is 12.5 Å². The van der Waals surface area contributed by atoms with Gasteiger partial charge in [0.15, 0.2) is 0 Å². The van der Waals surface area contributed by atoms with Gasteiger partial charge in [0, 0.05) is 18.8 Å². The molecule has 0 unspecified atom stereocenters. The summed E-state index contributed by atoms with van der Waals surface area (Å²) in [6.45, 7) is 0.578. The molecule has 0 fully saturated rings. The molecule has 0 amide bonds. The third kappa shape index (κ3) is 3.44. The van der Waals surface area contributed by atoms with Crippen LogP contribution in [0.15, 0.2) is 24.3 Å². The minimum atomic E-state index is 0.0480. The van der Waals surface area contributed by atoms with Crippen molar-refractivity contribution < 1.29 is 4.74 Å². The summed E-state index contributed by atoms with van der Waals surface area (Å²) in [7, 11) is 1.65. The molecule has 72 valence electrons. The summed E-state index contributed by atoms with van der Waals surface area (Å²) in [4.78, 5) is 0. The summed E-state index contributed by atoms with van der Waals surface area (Å²) in [5.41, 5.74) is 13.4. The molecule has 1 rings (SSSR count). The molecule has 0 bridgehead atoms. The van der Waals surface area contributed by atoms with Gasteiger partial charge in [-0.3, -0.25) is 0 Å². The van der Waals surface area contributed by atoms with Gasteiger partial charge in [-0.1, -0.05) is 12.1 Å². The lowest BCUT2D eigenvalue weighted by Gasteiger charge is -2.10. The second-order valence-electron chi connectivity index (χ2n) is 3.16. The molecule has 1 aromatic rings. The first-order valence-corrected chi connectivity index (χ1v) is 4.31. The van der Waals surface area contributed by atoms with Crippen LogP contribution in [0.2, 0.25) is 0 Å². The molecule has 0 aliphatic rings. The summed E-state index contributed by atoms with van der Waals surface area (Å²) in [5.74, 6) is 0. The van der Waals surface area contributed by atoms with Crippen LogP contribution >= 0.6 is 0 Å². The van der Waals surface area contributed by atoms with E-state index in [2.05, 4.69) is 0 Å². The van der Waals surface area contributed by atoms with E-state index in [0.29, 0.717) is 6.61 Å². The zero-order chi connectivity index (χ0) is 9.68. The maximum atomic E-state index is 5.80. The Morgan fingerprint density at radius 2 is 2.23 bits per heavy atom. The molecule has 0 aromatic heterocycles. The van der Waals surface area contributed by atoms with Crippen molar-refractivity contribution in [2.75, 3.05) is 19.5 Å². The first-order chi connectivity index (χ1) is 6.22. The number of nitrogens with two attached hydrogens (primary N) is 2. The van der Waals surface area contributed by atoms with E-state index in [-0.39, 0.29) is 6.04 Å². The molecule has 13 heavy (non-hydrogen) atoms. The van der Waals surface area contributed by atoms with Crippen LogP contribution in [-0.2, 0) is 11.2 Å². The lowest BCUT2D eigenvalue weighted by molar-refractivity contribution is 0.180. The van der Waals surface area contributed by atoms with Crippen molar-refractivity contribution in [1.29, 1.82) is 0 Å². The number of rotatable bonds is 4. The fourth-order valence-electron chi connectivity index (χ4n) is 1.30. The molecular formula is C10H16N2O. The van der Waals surface area contributed by atoms with E-state index in [0.717, 1.165) is 17.7 Å². The molecule has 0 heterocycles. The number of benzene rings is 1. The van der Waals surface area contributed by atoms with Crippen LogP contribution in [0.25, 0.3) is 0 Å². The van der Waals surface area contributed by atoms with Crippen molar-refractivity contribution in [3.05, 3.63) is 29.8 Å². The fraction of sp³-hybridized carbons (Fsp3) is 0.400.